The van der Waals surface area contributed by atoms with E-state index in [1.807, 2.05) is 11.4 Å². The second-order valence-electron chi connectivity index (χ2n) is 4.38. The summed E-state index contributed by atoms with van der Waals surface area (Å²) in [6.45, 7) is 5.12. The Labute approximate surface area is 110 Å². The van der Waals surface area contributed by atoms with Crippen molar-refractivity contribution in [3.05, 3.63) is 35.2 Å². The summed E-state index contributed by atoms with van der Waals surface area (Å²) in [5.41, 5.74) is 10.3. The van der Waals surface area contributed by atoms with Crippen LogP contribution in [0.2, 0.25) is 0 Å². The summed E-state index contributed by atoms with van der Waals surface area (Å²) in [6, 6.07) is 8.31. The van der Waals surface area contributed by atoms with Gasteiger partial charge in [0.15, 0.2) is 5.82 Å². The number of aryl methyl sites for hydroxylation is 2. The van der Waals surface area contributed by atoms with E-state index >= 15 is 0 Å². The lowest BCUT2D eigenvalue weighted by Gasteiger charge is -2.05. The maximum atomic E-state index is 6.00. The molecule has 0 aliphatic heterocycles. The van der Waals surface area contributed by atoms with Crippen molar-refractivity contribution < 1.29 is 0 Å². The molecule has 2 N–H and O–H groups in total. The van der Waals surface area contributed by atoms with Crippen LogP contribution in [0.3, 0.4) is 0 Å². The number of nitrogens with two attached hydrogens (primary N) is 1. The predicted molar refractivity (Wildman–Crippen MR) is 77.9 cm³/mol. The molecule has 1 aromatic carbocycles. The van der Waals surface area contributed by atoms with Gasteiger partial charge in [-0.05, 0) is 43.0 Å². The molecule has 0 amide bonds. The Balaban J connectivity index is 2.32. The van der Waals surface area contributed by atoms with Crippen molar-refractivity contribution in [2.45, 2.75) is 20.4 Å². The van der Waals surface area contributed by atoms with Crippen LogP contribution in [-0.2, 0) is 6.54 Å². The molecule has 92 valence electrons. The molecule has 4 heteroatoms. The molecule has 0 bridgehead atoms. The molecular weight excluding hydrogens is 242 g/mol. The summed E-state index contributed by atoms with van der Waals surface area (Å²) in [4.78, 5) is 5.80. The molecule has 3 aromatic rings. The molecule has 18 heavy (non-hydrogen) atoms. The number of hydrogen-bond donors (Lipinski definition) is 1. The minimum atomic E-state index is 0.807. The number of aromatic nitrogens is 2. The lowest BCUT2D eigenvalue weighted by Crippen LogP contribution is -1.97. The van der Waals surface area contributed by atoms with E-state index in [-0.39, 0.29) is 0 Å². The second-order valence-corrected chi connectivity index (χ2v) is 5.29. The number of nitrogens with zero attached hydrogens (tertiary/aromatic N) is 2. The van der Waals surface area contributed by atoms with Crippen molar-refractivity contribution in [3.63, 3.8) is 0 Å². The Morgan fingerprint density at radius 2 is 2.17 bits per heavy atom. The average Bonchev–Trinajstić information content (AvgIpc) is 2.91. The molecule has 3 nitrogen and oxygen atoms in total. The van der Waals surface area contributed by atoms with Gasteiger partial charge in [0.1, 0.15) is 0 Å². The van der Waals surface area contributed by atoms with Crippen LogP contribution in [0.15, 0.2) is 29.6 Å². The van der Waals surface area contributed by atoms with Gasteiger partial charge in [-0.3, -0.25) is 0 Å². The Morgan fingerprint density at radius 3 is 2.83 bits per heavy atom. The topological polar surface area (TPSA) is 43.8 Å². The standard InChI is InChI=1S/C14H15N3S/c1-3-17-12-5-4-9(2)8-11(12)16-14(17)13-10(15)6-7-18-13/h4-8H,3,15H2,1-2H3. The fourth-order valence-corrected chi connectivity index (χ4v) is 3.05. The lowest BCUT2D eigenvalue weighted by molar-refractivity contribution is 0.798. The number of fused-ring (bicyclic) bond motifs is 1. The van der Waals surface area contributed by atoms with Gasteiger partial charge in [0.2, 0.25) is 0 Å². The smallest absolute Gasteiger partial charge is 0.153 e. The average molecular weight is 257 g/mol. The van der Waals surface area contributed by atoms with Gasteiger partial charge in [0, 0.05) is 6.54 Å². The fourth-order valence-electron chi connectivity index (χ4n) is 2.23. The predicted octanol–water partition coefficient (Wildman–Crippen LogP) is 3.68. The van der Waals surface area contributed by atoms with Crippen LogP contribution in [0.25, 0.3) is 21.7 Å². The Kier molecular flexibility index (Phi) is 2.59. The third kappa shape index (κ3) is 1.61. The van der Waals surface area contributed by atoms with Crippen LogP contribution in [0.1, 0.15) is 12.5 Å². The minimum Gasteiger partial charge on any atom is -0.397 e. The Bertz CT molecular complexity index is 709. The molecular formula is C14H15N3S. The van der Waals surface area contributed by atoms with E-state index in [9.17, 15) is 0 Å². The highest BCUT2D eigenvalue weighted by Gasteiger charge is 2.14. The van der Waals surface area contributed by atoms with Crippen LogP contribution in [0.5, 0.6) is 0 Å². The van der Waals surface area contributed by atoms with Gasteiger partial charge in [0.25, 0.3) is 0 Å². The van der Waals surface area contributed by atoms with Gasteiger partial charge in [-0.15, -0.1) is 11.3 Å². The first-order valence-electron chi connectivity index (χ1n) is 6.01. The molecule has 0 saturated heterocycles. The van der Waals surface area contributed by atoms with E-state index in [1.54, 1.807) is 11.3 Å². The zero-order valence-corrected chi connectivity index (χ0v) is 11.3. The van der Waals surface area contributed by atoms with E-state index in [0.29, 0.717) is 0 Å². The monoisotopic (exact) mass is 257 g/mol. The van der Waals surface area contributed by atoms with Crippen LogP contribution >= 0.6 is 11.3 Å². The molecule has 0 fully saturated rings. The van der Waals surface area contributed by atoms with Gasteiger partial charge >= 0.3 is 0 Å². The van der Waals surface area contributed by atoms with Crippen LogP contribution in [0.4, 0.5) is 5.69 Å². The van der Waals surface area contributed by atoms with E-state index in [0.717, 1.165) is 28.5 Å². The molecule has 2 aromatic heterocycles. The molecule has 2 heterocycles. The number of nitrogen functional groups attached to an aromatic ring is 1. The van der Waals surface area contributed by atoms with E-state index in [1.165, 1.54) is 11.1 Å². The van der Waals surface area contributed by atoms with Crippen LogP contribution in [-0.4, -0.2) is 9.55 Å². The van der Waals surface area contributed by atoms with Gasteiger partial charge in [-0.25, -0.2) is 4.98 Å². The van der Waals surface area contributed by atoms with Gasteiger partial charge < -0.3 is 10.3 Å². The van der Waals surface area contributed by atoms with Gasteiger partial charge in [-0.1, -0.05) is 6.07 Å². The van der Waals surface area contributed by atoms with Crippen molar-refractivity contribution >= 4 is 28.1 Å². The molecule has 0 unspecified atom stereocenters. The van der Waals surface area contributed by atoms with Crippen LogP contribution < -0.4 is 5.73 Å². The highest BCUT2D eigenvalue weighted by Crippen LogP contribution is 2.33. The van der Waals surface area contributed by atoms with E-state index < -0.39 is 0 Å². The number of benzene rings is 1. The molecule has 0 spiro atoms. The van der Waals surface area contributed by atoms with Crippen LogP contribution in [0, 0.1) is 6.92 Å². The quantitative estimate of drug-likeness (QED) is 0.761. The van der Waals surface area contributed by atoms with Crippen molar-refractivity contribution in [1.82, 2.24) is 9.55 Å². The number of rotatable bonds is 2. The number of thiophene rings is 1. The maximum absolute atomic E-state index is 6.00. The van der Waals surface area contributed by atoms with Crippen molar-refractivity contribution in [3.8, 4) is 10.7 Å². The van der Waals surface area contributed by atoms with Gasteiger partial charge in [0.05, 0.1) is 21.6 Å². The Morgan fingerprint density at radius 1 is 1.33 bits per heavy atom. The lowest BCUT2D eigenvalue weighted by atomic mass is 10.2. The SMILES string of the molecule is CCn1c(-c2sccc2N)nc2cc(C)ccc21. The summed E-state index contributed by atoms with van der Waals surface area (Å²) in [5, 5.41) is 2.01. The minimum absolute atomic E-state index is 0.807. The second kappa shape index (κ2) is 4.14. The third-order valence-corrected chi connectivity index (χ3v) is 4.04. The molecule has 0 aliphatic carbocycles. The van der Waals surface area contributed by atoms with Gasteiger partial charge in [-0.2, -0.15) is 0 Å². The summed E-state index contributed by atoms with van der Waals surface area (Å²) in [6.07, 6.45) is 0. The first-order chi connectivity index (χ1) is 8.70. The third-order valence-electron chi connectivity index (χ3n) is 3.12. The maximum Gasteiger partial charge on any atom is 0.153 e. The largest absolute Gasteiger partial charge is 0.397 e. The van der Waals surface area contributed by atoms with Crippen molar-refractivity contribution in [1.29, 1.82) is 0 Å². The highest BCUT2D eigenvalue weighted by atomic mass is 32.1. The fraction of sp³-hybridized carbons (Fsp3) is 0.214. The molecule has 3 rings (SSSR count). The first-order valence-corrected chi connectivity index (χ1v) is 6.89. The summed E-state index contributed by atoms with van der Waals surface area (Å²) < 4.78 is 2.22. The Hall–Kier alpha value is -1.81. The number of hydrogen-bond acceptors (Lipinski definition) is 3. The first kappa shape index (κ1) is 11.3. The number of imidazole rings is 1. The molecule has 0 saturated carbocycles. The van der Waals surface area contributed by atoms with E-state index in [2.05, 4.69) is 36.6 Å². The summed E-state index contributed by atoms with van der Waals surface area (Å²) in [5.74, 6) is 0.977. The zero-order chi connectivity index (χ0) is 12.7. The molecule has 0 aliphatic rings. The normalized spacial score (nSPS) is 11.2. The van der Waals surface area contributed by atoms with Crippen molar-refractivity contribution in [2.24, 2.45) is 0 Å². The number of anilines is 1. The molecule has 0 radical (unpaired) electrons. The van der Waals surface area contributed by atoms with E-state index in [4.69, 9.17) is 10.7 Å². The highest BCUT2D eigenvalue weighted by molar-refractivity contribution is 7.14. The summed E-state index contributed by atoms with van der Waals surface area (Å²) in [7, 11) is 0. The zero-order valence-electron chi connectivity index (χ0n) is 10.5. The van der Waals surface area contributed by atoms with Crippen molar-refractivity contribution in [2.75, 3.05) is 5.73 Å². The summed E-state index contributed by atoms with van der Waals surface area (Å²) >= 11 is 1.64. The molecule has 0 atom stereocenters.